The fraction of sp³-hybridized carbons (Fsp3) is 0.167. The van der Waals surface area contributed by atoms with Crippen LogP contribution in [0.25, 0.3) is 5.65 Å². The molecule has 0 bridgehead atoms. The number of benzene rings is 2. The highest BCUT2D eigenvalue weighted by atomic mass is 16.5. The number of anilines is 1. The van der Waals surface area contributed by atoms with Crippen molar-refractivity contribution >= 4 is 23.2 Å². The lowest BCUT2D eigenvalue weighted by atomic mass is 10.1. The van der Waals surface area contributed by atoms with E-state index >= 15 is 0 Å². The van der Waals surface area contributed by atoms with Gasteiger partial charge in [-0.3, -0.25) is 9.20 Å². The van der Waals surface area contributed by atoms with Gasteiger partial charge in [0.25, 0.3) is 5.91 Å². The van der Waals surface area contributed by atoms with Crippen LogP contribution in [0.2, 0.25) is 0 Å². The van der Waals surface area contributed by atoms with Crippen LogP contribution >= 0.6 is 0 Å². The molecule has 2 heterocycles. The number of hydrogen-bond donors (Lipinski definition) is 1. The number of rotatable bonds is 5. The summed E-state index contributed by atoms with van der Waals surface area (Å²) < 4.78 is 7.38. The Hall–Kier alpha value is -4.00. The van der Waals surface area contributed by atoms with Crippen LogP contribution in [0.4, 0.5) is 5.69 Å². The molecule has 0 aliphatic heterocycles. The lowest BCUT2D eigenvalue weighted by Crippen LogP contribution is -2.26. The molecule has 0 aliphatic rings. The topological polar surface area (TPSA) is 85.6 Å². The van der Waals surface area contributed by atoms with E-state index in [9.17, 15) is 9.59 Å². The molecule has 4 rings (SSSR count). The quantitative estimate of drug-likeness (QED) is 0.495. The van der Waals surface area contributed by atoms with E-state index in [2.05, 4.69) is 15.5 Å². The SMILES string of the molecule is Cc1cc(C)cc(NC(=O)C(OC(=O)c2ccc3nnc(C)n3c2)c2ccccc2)c1. The number of ether oxygens (including phenoxy) is 1. The lowest BCUT2D eigenvalue weighted by Gasteiger charge is -2.18. The van der Waals surface area contributed by atoms with Gasteiger partial charge in [0.15, 0.2) is 5.65 Å². The van der Waals surface area contributed by atoms with E-state index in [-0.39, 0.29) is 0 Å². The van der Waals surface area contributed by atoms with Gasteiger partial charge in [0, 0.05) is 17.4 Å². The summed E-state index contributed by atoms with van der Waals surface area (Å²) in [5, 5.41) is 10.9. The third kappa shape index (κ3) is 4.45. The van der Waals surface area contributed by atoms with Crippen LogP contribution in [0.3, 0.4) is 0 Å². The van der Waals surface area contributed by atoms with E-state index in [1.165, 1.54) is 0 Å². The normalized spacial score (nSPS) is 11.8. The Morgan fingerprint density at radius 3 is 2.35 bits per heavy atom. The Labute approximate surface area is 179 Å². The van der Waals surface area contributed by atoms with Crippen molar-refractivity contribution in [2.24, 2.45) is 0 Å². The molecule has 4 aromatic rings. The van der Waals surface area contributed by atoms with Gasteiger partial charge in [-0.05, 0) is 56.2 Å². The van der Waals surface area contributed by atoms with Crippen LogP contribution in [0.1, 0.15) is 39.0 Å². The lowest BCUT2D eigenvalue weighted by molar-refractivity contribution is -0.125. The molecule has 1 N–H and O–H groups in total. The van der Waals surface area contributed by atoms with Gasteiger partial charge in [0.05, 0.1) is 5.56 Å². The average Bonchev–Trinajstić information content (AvgIpc) is 3.12. The molecular formula is C24H22N4O3. The van der Waals surface area contributed by atoms with E-state index in [0.29, 0.717) is 28.3 Å². The summed E-state index contributed by atoms with van der Waals surface area (Å²) in [4.78, 5) is 26.0. The second-order valence-electron chi connectivity index (χ2n) is 7.45. The van der Waals surface area contributed by atoms with Crippen LogP contribution in [0, 0.1) is 20.8 Å². The Kier molecular flexibility index (Phi) is 5.49. The highest BCUT2D eigenvalue weighted by Gasteiger charge is 2.26. The van der Waals surface area contributed by atoms with Crippen molar-refractivity contribution in [2.75, 3.05) is 5.32 Å². The van der Waals surface area contributed by atoms with Crippen molar-refractivity contribution < 1.29 is 14.3 Å². The van der Waals surface area contributed by atoms with Gasteiger partial charge >= 0.3 is 5.97 Å². The maximum absolute atomic E-state index is 13.1. The maximum atomic E-state index is 13.1. The molecular weight excluding hydrogens is 392 g/mol. The number of hydrogen-bond acceptors (Lipinski definition) is 5. The van der Waals surface area contributed by atoms with Crippen molar-refractivity contribution in [1.82, 2.24) is 14.6 Å². The Balaban J connectivity index is 1.62. The summed E-state index contributed by atoms with van der Waals surface area (Å²) in [5.41, 5.74) is 4.22. The van der Waals surface area contributed by atoms with Crippen LogP contribution in [-0.2, 0) is 9.53 Å². The number of nitrogens with one attached hydrogen (secondary N) is 1. The van der Waals surface area contributed by atoms with Crippen LogP contribution in [0.5, 0.6) is 0 Å². The van der Waals surface area contributed by atoms with Crippen LogP contribution < -0.4 is 5.32 Å². The summed E-state index contributed by atoms with van der Waals surface area (Å²) >= 11 is 0. The molecule has 0 saturated heterocycles. The van der Waals surface area contributed by atoms with E-state index in [4.69, 9.17) is 4.74 Å². The average molecular weight is 414 g/mol. The molecule has 1 amide bonds. The van der Waals surface area contributed by atoms with Gasteiger partial charge in [-0.1, -0.05) is 36.4 Å². The fourth-order valence-corrected chi connectivity index (χ4v) is 3.46. The van der Waals surface area contributed by atoms with Gasteiger partial charge in [-0.25, -0.2) is 4.79 Å². The third-order valence-corrected chi connectivity index (χ3v) is 4.86. The third-order valence-electron chi connectivity index (χ3n) is 4.86. The fourth-order valence-electron chi connectivity index (χ4n) is 3.46. The Bertz CT molecular complexity index is 1240. The molecule has 2 aromatic carbocycles. The molecule has 0 saturated carbocycles. The molecule has 0 spiro atoms. The minimum atomic E-state index is -1.10. The molecule has 0 fully saturated rings. The highest BCUT2D eigenvalue weighted by molar-refractivity contribution is 5.98. The first-order valence-electron chi connectivity index (χ1n) is 9.87. The number of aromatic nitrogens is 3. The smallest absolute Gasteiger partial charge is 0.340 e. The number of esters is 1. The number of carbonyl (C=O) groups excluding carboxylic acids is 2. The van der Waals surface area contributed by atoms with E-state index in [1.54, 1.807) is 53.9 Å². The standard InChI is InChI=1S/C24H22N4O3/c1-15-11-16(2)13-20(12-15)25-23(29)22(18-7-5-4-6-8-18)31-24(30)19-9-10-21-27-26-17(3)28(21)14-19/h4-14,22H,1-3H3,(H,25,29). The summed E-state index contributed by atoms with van der Waals surface area (Å²) in [5.74, 6) is -0.387. The Morgan fingerprint density at radius 1 is 0.935 bits per heavy atom. The predicted molar refractivity (Wildman–Crippen MR) is 117 cm³/mol. The number of carbonyl (C=O) groups is 2. The summed E-state index contributed by atoms with van der Waals surface area (Å²) in [6, 6.07) is 18.0. The van der Waals surface area contributed by atoms with Crippen LogP contribution in [0.15, 0.2) is 66.9 Å². The van der Waals surface area contributed by atoms with Gasteiger partial charge in [-0.15, -0.1) is 10.2 Å². The first-order chi connectivity index (χ1) is 14.9. The summed E-state index contributed by atoms with van der Waals surface area (Å²) in [7, 11) is 0. The van der Waals surface area contributed by atoms with E-state index < -0.39 is 18.0 Å². The molecule has 7 nitrogen and oxygen atoms in total. The van der Waals surface area contributed by atoms with Crippen molar-refractivity contribution in [3.63, 3.8) is 0 Å². The minimum absolute atomic E-state index is 0.301. The molecule has 156 valence electrons. The number of aryl methyl sites for hydroxylation is 3. The molecule has 0 aliphatic carbocycles. The van der Waals surface area contributed by atoms with Crippen molar-refractivity contribution in [3.8, 4) is 0 Å². The number of nitrogens with zero attached hydrogens (tertiary/aromatic N) is 3. The largest absolute Gasteiger partial charge is 0.444 e. The molecule has 7 heteroatoms. The first-order valence-corrected chi connectivity index (χ1v) is 9.87. The molecule has 1 atom stereocenters. The van der Waals surface area contributed by atoms with Gasteiger partial charge < -0.3 is 10.1 Å². The van der Waals surface area contributed by atoms with Crippen molar-refractivity contribution in [3.05, 3.63) is 94.9 Å². The molecule has 0 radical (unpaired) electrons. The zero-order chi connectivity index (χ0) is 22.0. The second-order valence-corrected chi connectivity index (χ2v) is 7.45. The zero-order valence-corrected chi connectivity index (χ0v) is 17.5. The predicted octanol–water partition coefficient (Wildman–Crippen LogP) is 4.19. The van der Waals surface area contributed by atoms with Gasteiger partial charge in [-0.2, -0.15) is 0 Å². The number of amides is 1. The van der Waals surface area contributed by atoms with Crippen molar-refractivity contribution in [2.45, 2.75) is 26.9 Å². The van der Waals surface area contributed by atoms with Crippen LogP contribution in [-0.4, -0.2) is 26.5 Å². The van der Waals surface area contributed by atoms with E-state index in [0.717, 1.165) is 11.1 Å². The molecule has 31 heavy (non-hydrogen) atoms. The van der Waals surface area contributed by atoms with E-state index in [1.807, 2.05) is 38.1 Å². The molecule has 1 unspecified atom stereocenters. The summed E-state index contributed by atoms with van der Waals surface area (Å²) in [6.45, 7) is 5.71. The van der Waals surface area contributed by atoms with Gasteiger partial charge in [0.2, 0.25) is 6.10 Å². The van der Waals surface area contributed by atoms with Crippen molar-refractivity contribution in [1.29, 1.82) is 0 Å². The first kappa shape index (κ1) is 20.3. The highest BCUT2D eigenvalue weighted by Crippen LogP contribution is 2.23. The zero-order valence-electron chi connectivity index (χ0n) is 17.5. The number of fused-ring (bicyclic) bond motifs is 1. The Morgan fingerprint density at radius 2 is 1.65 bits per heavy atom. The monoisotopic (exact) mass is 414 g/mol. The minimum Gasteiger partial charge on any atom is -0.444 e. The van der Waals surface area contributed by atoms with Gasteiger partial charge in [0.1, 0.15) is 5.82 Å². The summed E-state index contributed by atoms with van der Waals surface area (Å²) in [6.07, 6.45) is 0.504. The second kappa shape index (κ2) is 8.39. The maximum Gasteiger partial charge on any atom is 0.340 e. The number of pyridine rings is 1. The molecule has 2 aromatic heterocycles.